The van der Waals surface area contributed by atoms with Crippen LogP contribution < -0.4 is 9.64 Å². The van der Waals surface area contributed by atoms with Crippen LogP contribution in [0.5, 0.6) is 5.88 Å². The van der Waals surface area contributed by atoms with E-state index >= 15 is 0 Å². The van der Waals surface area contributed by atoms with Crippen LogP contribution in [0.15, 0.2) is 42.9 Å². The molecule has 0 aliphatic carbocycles. The van der Waals surface area contributed by atoms with Gasteiger partial charge in [0.1, 0.15) is 6.10 Å². The first kappa shape index (κ1) is 18.7. The summed E-state index contributed by atoms with van der Waals surface area (Å²) in [4.78, 5) is 37.1. The molecule has 2 saturated heterocycles. The average Bonchev–Trinajstić information content (AvgIpc) is 3.10. The maximum Gasteiger partial charge on any atom is 0.232 e. The van der Waals surface area contributed by atoms with E-state index in [1.807, 2.05) is 4.90 Å². The fraction of sp³-hybridized carbons (Fsp3) is 0.400. The summed E-state index contributed by atoms with van der Waals surface area (Å²) < 4.78 is 5.86. The minimum atomic E-state index is -0.335. The van der Waals surface area contributed by atoms with Gasteiger partial charge in [0, 0.05) is 42.6 Å². The van der Waals surface area contributed by atoms with Gasteiger partial charge < -0.3 is 14.5 Å². The SMILES string of the molecule is O=C(C1CC(=O)N(c2ccc(Cl)cc2)C1)N1CCCC(Oc2cnccn2)C1. The van der Waals surface area contributed by atoms with Crippen molar-refractivity contribution in [1.82, 2.24) is 14.9 Å². The van der Waals surface area contributed by atoms with E-state index in [1.54, 1.807) is 47.8 Å². The molecule has 8 heteroatoms. The van der Waals surface area contributed by atoms with Crippen LogP contribution in [-0.2, 0) is 9.59 Å². The van der Waals surface area contributed by atoms with Crippen molar-refractivity contribution in [2.75, 3.05) is 24.5 Å². The third-order valence-corrected chi connectivity index (χ3v) is 5.38. The van der Waals surface area contributed by atoms with Crippen LogP contribution >= 0.6 is 11.6 Å². The molecule has 28 heavy (non-hydrogen) atoms. The van der Waals surface area contributed by atoms with Crippen LogP contribution in [0.1, 0.15) is 19.3 Å². The lowest BCUT2D eigenvalue weighted by Crippen LogP contribution is -2.47. The molecule has 0 saturated carbocycles. The molecule has 1 aromatic carbocycles. The summed E-state index contributed by atoms with van der Waals surface area (Å²) in [5.74, 6) is 0.104. The Hall–Kier alpha value is -2.67. The Morgan fingerprint density at radius 1 is 1.18 bits per heavy atom. The Morgan fingerprint density at radius 3 is 2.75 bits per heavy atom. The van der Waals surface area contributed by atoms with E-state index in [0.717, 1.165) is 18.5 Å². The van der Waals surface area contributed by atoms with Crippen LogP contribution in [0.3, 0.4) is 0 Å². The van der Waals surface area contributed by atoms with Gasteiger partial charge in [-0.3, -0.25) is 14.6 Å². The maximum atomic E-state index is 13.0. The second kappa shape index (κ2) is 8.14. The van der Waals surface area contributed by atoms with Crippen molar-refractivity contribution < 1.29 is 14.3 Å². The zero-order valence-electron chi connectivity index (χ0n) is 15.3. The number of rotatable bonds is 4. The van der Waals surface area contributed by atoms with Crippen molar-refractivity contribution in [3.05, 3.63) is 47.9 Å². The zero-order chi connectivity index (χ0) is 19.5. The van der Waals surface area contributed by atoms with Gasteiger partial charge in [-0.25, -0.2) is 4.98 Å². The monoisotopic (exact) mass is 400 g/mol. The molecule has 2 amide bonds. The van der Waals surface area contributed by atoms with E-state index in [2.05, 4.69) is 9.97 Å². The Kier molecular flexibility index (Phi) is 5.43. The number of amides is 2. The van der Waals surface area contributed by atoms with E-state index < -0.39 is 0 Å². The Balaban J connectivity index is 1.38. The van der Waals surface area contributed by atoms with Gasteiger partial charge in [0.25, 0.3) is 0 Å². The lowest BCUT2D eigenvalue weighted by atomic mass is 10.0. The highest BCUT2D eigenvalue weighted by atomic mass is 35.5. The highest BCUT2D eigenvalue weighted by Crippen LogP contribution is 2.28. The molecular formula is C20H21ClN4O3. The van der Waals surface area contributed by atoms with Crippen molar-refractivity contribution >= 4 is 29.1 Å². The molecule has 0 bridgehead atoms. The topological polar surface area (TPSA) is 75.6 Å². The Labute approximate surface area is 168 Å². The molecule has 0 radical (unpaired) electrons. The standard InChI is InChI=1S/C20H21ClN4O3/c21-15-3-5-16(6-4-15)25-12-14(10-19(25)26)20(27)24-9-1-2-17(13-24)28-18-11-22-7-8-23-18/h3-8,11,14,17H,1-2,9-10,12-13H2. The van der Waals surface area contributed by atoms with Crippen LogP contribution in [0.25, 0.3) is 0 Å². The predicted molar refractivity (Wildman–Crippen MR) is 104 cm³/mol. The molecule has 1 aromatic heterocycles. The van der Waals surface area contributed by atoms with Crippen molar-refractivity contribution in [3.8, 4) is 5.88 Å². The van der Waals surface area contributed by atoms with Gasteiger partial charge in [0.2, 0.25) is 17.7 Å². The minimum absolute atomic E-state index is 0.0114. The number of halogens is 1. The van der Waals surface area contributed by atoms with E-state index in [-0.39, 0.29) is 30.3 Å². The summed E-state index contributed by atoms with van der Waals surface area (Å²) in [5.41, 5.74) is 0.771. The number of ether oxygens (including phenoxy) is 1. The number of benzene rings is 1. The third kappa shape index (κ3) is 4.09. The Morgan fingerprint density at radius 2 is 2.00 bits per heavy atom. The summed E-state index contributed by atoms with van der Waals surface area (Å²) in [7, 11) is 0. The molecule has 0 N–H and O–H groups in total. The molecule has 2 unspecified atom stereocenters. The van der Waals surface area contributed by atoms with Crippen molar-refractivity contribution in [2.24, 2.45) is 5.92 Å². The number of anilines is 1. The number of aromatic nitrogens is 2. The van der Waals surface area contributed by atoms with Crippen LogP contribution in [-0.4, -0.2) is 52.4 Å². The number of piperidine rings is 1. The van der Waals surface area contributed by atoms with E-state index in [0.29, 0.717) is 30.5 Å². The largest absolute Gasteiger partial charge is 0.471 e. The fourth-order valence-corrected chi connectivity index (χ4v) is 3.88. The summed E-state index contributed by atoms with van der Waals surface area (Å²) in [6, 6.07) is 7.11. The molecule has 4 rings (SSSR count). The first-order chi connectivity index (χ1) is 13.6. The van der Waals surface area contributed by atoms with Crippen molar-refractivity contribution in [2.45, 2.75) is 25.4 Å². The van der Waals surface area contributed by atoms with Gasteiger partial charge in [-0.1, -0.05) is 11.6 Å². The molecule has 3 heterocycles. The molecule has 2 aliphatic heterocycles. The molecule has 7 nitrogen and oxygen atoms in total. The van der Waals surface area contributed by atoms with E-state index in [1.165, 1.54) is 0 Å². The molecule has 0 spiro atoms. The second-order valence-corrected chi connectivity index (χ2v) is 7.53. The molecule has 2 aliphatic rings. The number of carbonyl (C=O) groups excluding carboxylic acids is 2. The predicted octanol–water partition coefficient (Wildman–Crippen LogP) is 2.55. The molecule has 2 atom stereocenters. The first-order valence-electron chi connectivity index (χ1n) is 9.37. The van der Waals surface area contributed by atoms with Crippen molar-refractivity contribution in [3.63, 3.8) is 0 Å². The third-order valence-electron chi connectivity index (χ3n) is 5.13. The average molecular weight is 401 g/mol. The van der Waals surface area contributed by atoms with Gasteiger partial charge in [0.15, 0.2) is 0 Å². The Bertz CT molecular complexity index is 846. The smallest absolute Gasteiger partial charge is 0.232 e. The van der Waals surface area contributed by atoms with E-state index in [4.69, 9.17) is 16.3 Å². The van der Waals surface area contributed by atoms with E-state index in [9.17, 15) is 9.59 Å². The van der Waals surface area contributed by atoms with Crippen LogP contribution in [0.4, 0.5) is 5.69 Å². The van der Waals surface area contributed by atoms with Gasteiger partial charge in [-0.2, -0.15) is 0 Å². The molecule has 2 fully saturated rings. The van der Waals surface area contributed by atoms with Crippen LogP contribution in [0.2, 0.25) is 5.02 Å². The summed E-state index contributed by atoms with van der Waals surface area (Å²) in [6.45, 7) is 1.58. The van der Waals surface area contributed by atoms with Gasteiger partial charge in [-0.15, -0.1) is 0 Å². The molecule has 146 valence electrons. The second-order valence-electron chi connectivity index (χ2n) is 7.09. The van der Waals surface area contributed by atoms with Crippen LogP contribution in [0, 0.1) is 5.92 Å². The van der Waals surface area contributed by atoms with Gasteiger partial charge >= 0.3 is 0 Å². The molecule has 2 aromatic rings. The number of nitrogens with zero attached hydrogens (tertiary/aromatic N) is 4. The first-order valence-corrected chi connectivity index (χ1v) is 9.75. The minimum Gasteiger partial charge on any atom is -0.471 e. The lowest BCUT2D eigenvalue weighted by molar-refractivity contribution is -0.138. The number of hydrogen-bond donors (Lipinski definition) is 0. The number of carbonyl (C=O) groups is 2. The van der Waals surface area contributed by atoms with Gasteiger partial charge in [-0.05, 0) is 37.1 Å². The molecular weight excluding hydrogens is 380 g/mol. The fourth-order valence-electron chi connectivity index (χ4n) is 3.75. The normalized spacial score (nSPS) is 22.4. The summed E-state index contributed by atoms with van der Waals surface area (Å²) >= 11 is 5.92. The lowest BCUT2D eigenvalue weighted by Gasteiger charge is -2.34. The number of likely N-dealkylation sites (tertiary alicyclic amines) is 1. The summed E-state index contributed by atoms with van der Waals surface area (Å²) in [6.07, 6.45) is 6.58. The number of hydrogen-bond acceptors (Lipinski definition) is 5. The summed E-state index contributed by atoms with van der Waals surface area (Å²) in [5, 5.41) is 0.616. The zero-order valence-corrected chi connectivity index (χ0v) is 16.1. The quantitative estimate of drug-likeness (QED) is 0.788. The highest BCUT2D eigenvalue weighted by Gasteiger charge is 2.38. The highest BCUT2D eigenvalue weighted by molar-refractivity contribution is 6.30. The van der Waals surface area contributed by atoms with Gasteiger partial charge in [0.05, 0.1) is 18.7 Å². The maximum absolute atomic E-state index is 13.0. The van der Waals surface area contributed by atoms with Crippen molar-refractivity contribution in [1.29, 1.82) is 0 Å².